The Kier molecular flexibility index (Phi) is 3.27. The monoisotopic (exact) mass is 282 g/mol. The maximum Gasteiger partial charge on any atom is 0.372 e. The molecule has 0 saturated heterocycles. The summed E-state index contributed by atoms with van der Waals surface area (Å²) in [5.41, 5.74) is 1.59. The molecule has 0 saturated carbocycles. The molecule has 0 spiro atoms. The molecule has 1 N–H and O–H groups in total. The van der Waals surface area contributed by atoms with Gasteiger partial charge in [0.2, 0.25) is 11.5 Å². The lowest BCUT2D eigenvalue weighted by Gasteiger charge is -2.13. The lowest BCUT2D eigenvalue weighted by Crippen LogP contribution is -2.08. The van der Waals surface area contributed by atoms with Crippen molar-refractivity contribution in [3.8, 4) is 0 Å². The molecule has 3 rings (SSSR count). The third-order valence-electron chi connectivity index (χ3n) is 3.33. The first-order valence-corrected chi connectivity index (χ1v) is 6.60. The minimum Gasteiger partial charge on any atom is -0.358 e. The number of nitrogens with zero attached hydrogens (tertiary/aromatic N) is 3. The number of rotatable bonds is 4. The van der Waals surface area contributed by atoms with Crippen molar-refractivity contribution in [2.24, 2.45) is 0 Å². The van der Waals surface area contributed by atoms with Crippen LogP contribution in [0.15, 0.2) is 54.7 Å². The maximum absolute atomic E-state index is 11.3. The van der Waals surface area contributed by atoms with E-state index in [-0.39, 0.29) is 17.7 Å². The molecule has 6 heteroatoms. The van der Waals surface area contributed by atoms with Crippen LogP contribution in [0.5, 0.6) is 0 Å². The molecule has 0 aliphatic carbocycles. The summed E-state index contributed by atoms with van der Waals surface area (Å²) in [5.74, 6) is 0.232. The highest BCUT2D eigenvalue weighted by molar-refractivity contribution is 5.62. The van der Waals surface area contributed by atoms with Crippen molar-refractivity contribution in [1.82, 2.24) is 9.38 Å². The number of pyridine rings is 1. The van der Waals surface area contributed by atoms with E-state index in [0.717, 1.165) is 5.56 Å². The van der Waals surface area contributed by atoms with Gasteiger partial charge in [-0.05, 0) is 23.5 Å². The molecule has 2 heterocycles. The predicted octanol–water partition coefficient (Wildman–Crippen LogP) is 3.42. The third kappa shape index (κ3) is 2.43. The van der Waals surface area contributed by atoms with Crippen LogP contribution in [0.4, 0.5) is 11.6 Å². The van der Waals surface area contributed by atoms with Gasteiger partial charge >= 0.3 is 5.82 Å². The average molecular weight is 282 g/mol. The first-order chi connectivity index (χ1) is 10.2. The molecule has 2 aromatic heterocycles. The molecular formula is C15H14N4O2. The molecule has 0 aliphatic heterocycles. The van der Waals surface area contributed by atoms with Crippen LogP contribution in [-0.4, -0.2) is 14.3 Å². The second-order valence-electron chi connectivity index (χ2n) is 4.75. The Morgan fingerprint density at radius 1 is 1.19 bits per heavy atom. The molecule has 0 amide bonds. The van der Waals surface area contributed by atoms with Crippen LogP contribution < -0.4 is 5.32 Å². The van der Waals surface area contributed by atoms with Gasteiger partial charge < -0.3 is 15.4 Å². The van der Waals surface area contributed by atoms with Gasteiger partial charge in [0.15, 0.2) is 0 Å². The summed E-state index contributed by atoms with van der Waals surface area (Å²) < 4.78 is 1.47. The Morgan fingerprint density at radius 2 is 1.90 bits per heavy atom. The van der Waals surface area contributed by atoms with E-state index < -0.39 is 4.92 Å². The molecule has 1 aromatic carbocycles. The summed E-state index contributed by atoms with van der Waals surface area (Å²) in [6.45, 7) is 1.95. The van der Waals surface area contributed by atoms with Crippen molar-refractivity contribution < 1.29 is 4.92 Å². The number of benzene rings is 1. The van der Waals surface area contributed by atoms with E-state index in [9.17, 15) is 10.1 Å². The molecule has 0 aliphatic rings. The second-order valence-corrected chi connectivity index (χ2v) is 4.75. The fourth-order valence-electron chi connectivity index (χ4n) is 2.28. The summed E-state index contributed by atoms with van der Waals surface area (Å²) in [4.78, 5) is 15.2. The fourth-order valence-corrected chi connectivity index (χ4v) is 2.28. The van der Waals surface area contributed by atoms with Crippen LogP contribution in [0.1, 0.15) is 18.5 Å². The largest absolute Gasteiger partial charge is 0.372 e. The Bertz CT molecular complexity index is 783. The second kappa shape index (κ2) is 5.24. The Hall–Kier alpha value is -2.89. The van der Waals surface area contributed by atoms with Gasteiger partial charge in [0.1, 0.15) is 0 Å². The third-order valence-corrected chi connectivity index (χ3v) is 3.33. The van der Waals surface area contributed by atoms with Gasteiger partial charge in [-0.2, -0.15) is 9.38 Å². The Balaban J connectivity index is 2.00. The van der Waals surface area contributed by atoms with Crippen LogP contribution in [0.25, 0.3) is 5.65 Å². The van der Waals surface area contributed by atoms with Gasteiger partial charge in [0.25, 0.3) is 0 Å². The quantitative estimate of drug-likeness (QED) is 0.588. The molecular weight excluding hydrogens is 268 g/mol. The van der Waals surface area contributed by atoms with Gasteiger partial charge in [-0.15, -0.1) is 0 Å². The minimum atomic E-state index is -0.417. The molecule has 1 atom stereocenters. The van der Waals surface area contributed by atoms with Gasteiger partial charge in [-0.25, -0.2) is 0 Å². The summed E-state index contributed by atoms with van der Waals surface area (Å²) >= 11 is 0. The van der Waals surface area contributed by atoms with Crippen molar-refractivity contribution in [3.05, 3.63) is 70.4 Å². The summed E-state index contributed by atoms with van der Waals surface area (Å²) in [6.07, 6.45) is 1.64. The molecule has 0 fully saturated rings. The van der Waals surface area contributed by atoms with E-state index in [1.54, 1.807) is 24.4 Å². The molecule has 0 bridgehead atoms. The highest BCUT2D eigenvalue weighted by Gasteiger charge is 2.23. The summed E-state index contributed by atoms with van der Waals surface area (Å²) in [6, 6.07) is 15.0. The number of nitro groups is 1. The summed E-state index contributed by atoms with van der Waals surface area (Å²) in [5, 5.41) is 14.4. The lowest BCUT2D eigenvalue weighted by molar-refractivity contribution is -0.389. The number of imidazole rings is 1. The number of anilines is 1. The number of hydrogen-bond acceptors (Lipinski definition) is 4. The highest BCUT2D eigenvalue weighted by atomic mass is 16.6. The highest BCUT2D eigenvalue weighted by Crippen LogP contribution is 2.28. The topological polar surface area (TPSA) is 72.5 Å². The zero-order valence-electron chi connectivity index (χ0n) is 11.4. The van der Waals surface area contributed by atoms with Crippen LogP contribution in [0.2, 0.25) is 0 Å². The van der Waals surface area contributed by atoms with E-state index in [2.05, 4.69) is 10.3 Å². The van der Waals surface area contributed by atoms with Crippen molar-refractivity contribution in [1.29, 1.82) is 0 Å². The molecule has 106 valence electrons. The minimum absolute atomic E-state index is 0.0478. The number of aromatic nitrogens is 2. The SMILES string of the molecule is C[C@@H](Nc1nc2ccccn2c1[N+](=O)[O-])c1ccccc1. The van der Waals surface area contributed by atoms with Crippen LogP contribution in [0.3, 0.4) is 0 Å². The van der Waals surface area contributed by atoms with Crippen molar-refractivity contribution in [3.63, 3.8) is 0 Å². The molecule has 0 unspecified atom stereocenters. The number of fused-ring (bicyclic) bond motifs is 1. The Labute approximate surface area is 121 Å². The first-order valence-electron chi connectivity index (χ1n) is 6.60. The predicted molar refractivity (Wildman–Crippen MR) is 80.3 cm³/mol. The van der Waals surface area contributed by atoms with Crippen LogP contribution in [-0.2, 0) is 0 Å². The zero-order chi connectivity index (χ0) is 14.8. The molecule has 0 radical (unpaired) electrons. The standard InChI is InChI=1S/C15H14N4O2/c1-11(12-7-3-2-4-8-12)16-14-15(19(20)21)18-10-6-5-9-13(18)17-14/h2-11,16H,1H3/t11-/m1/s1. The average Bonchev–Trinajstić information content (AvgIpc) is 2.86. The van der Waals surface area contributed by atoms with E-state index >= 15 is 0 Å². The fraction of sp³-hybridized carbons (Fsp3) is 0.133. The van der Waals surface area contributed by atoms with Gasteiger partial charge in [-0.3, -0.25) is 0 Å². The number of hydrogen-bond donors (Lipinski definition) is 1. The van der Waals surface area contributed by atoms with Crippen molar-refractivity contribution >= 4 is 17.3 Å². The Morgan fingerprint density at radius 3 is 2.62 bits per heavy atom. The van der Waals surface area contributed by atoms with E-state index in [1.807, 2.05) is 37.3 Å². The first kappa shape index (κ1) is 13.1. The van der Waals surface area contributed by atoms with E-state index in [0.29, 0.717) is 5.65 Å². The zero-order valence-corrected chi connectivity index (χ0v) is 11.4. The van der Waals surface area contributed by atoms with Gasteiger partial charge in [-0.1, -0.05) is 36.4 Å². The molecule has 3 aromatic rings. The molecule has 6 nitrogen and oxygen atoms in total. The van der Waals surface area contributed by atoms with Crippen LogP contribution in [0, 0.1) is 10.1 Å². The summed E-state index contributed by atoms with van der Waals surface area (Å²) in [7, 11) is 0. The number of nitrogens with one attached hydrogen (secondary N) is 1. The van der Waals surface area contributed by atoms with Crippen molar-refractivity contribution in [2.45, 2.75) is 13.0 Å². The van der Waals surface area contributed by atoms with Crippen molar-refractivity contribution in [2.75, 3.05) is 5.32 Å². The van der Waals surface area contributed by atoms with Crippen LogP contribution >= 0.6 is 0 Å². The maximum atomic E-state index is 11.3. The lowest BCUT2D eigenvalue weighted by atomic mass is 10.1. The smallest absolute Gasteiger partial charge is 0.358 e. The van der Waals surface area contributed by atoms with E-state index in [1.165, 1.54) is 4.40 Å². The van der Waals surface area contributed by atoms with Gasteiger partial charge in [0, 0.05) is 6.07 Å². The van der Waals surface area contributed by atoms with Gasteiger partial charge in [0.05, 0.1) is 12.2 Å². The van der Waals surface area contributed by atoms with E-state index in [4.69, 9.17) is 0 Å². The normalized spacial score (nSPS) is 12.2. The molecule has 21 heavy (non-hydrogen) atoms.